The van der Waals surface area contributed by atoms with Crippen molar-refractivity contribution in [2.75, 3.05) is 33.7 Å². The fourth-order valence-electron chi connectivity index (χ4n) is 5.19. The minimum Gasteiger partial charge on any atom is -0.373 e. The SMILES string of the molecule is CN(C)CC(=O)N1CCC(OCc2cc(F)cc(C(F)(F)F)c2)C(C(c2ccccc2)c2ccccc2)C1. The lowest BCUT2D eigenvalue weighted by Crippen LogP contribution is -2.50. The molecular weight excluding hydrogens is 496 g/mol. The molecule has 0 bridgehead atoms. The van der Waals surface area contributed by atoms with Gasteiger partial charge in [-0.15, -0.1) is 0 Å². The number of hydrogen-bond donors (Lipinski definition) is 0. The van der Waals surface area contributed by atoms with E-state index >= 15 is 0 Å². The van der Waals surface area contributed by atoms with Crippen molar-refractivity contribution in [3.05, 3.63) is 107 Å². The molecule has 1 aliphatic heterocycles. The third-order valence-corrected chi connectivity index (χ3v) is 6.89. The molecule has 2 unspecified atom stereocenters. The van der Waals surface area contributed by atoms with Crippen molar-refractivity contribution in [1.29, 1.82) is 0 Å². The van der Waals surface area contributed by atoms with Crippen LogP contribution in [0.4, 0.5) is 17.6 Å². The fourth-order valence-corrected chi connectivity index (χ4v) is 5.19. The van der Waals surface area contributed by atoms with Gasteiger partial charge in [-0.1, -0.05) is 60.7 Å². The molecule has 4 nitrogen and oxygen atoms in total. The summed E-state index contributed by atoms with van der Waals surface area (Å²) in [5, 5.41) is 0. The number of rotatable bonds is 8. The lowest BCUT2D eigenvalue weighted by atomic mass is 9.75. The number of amides is 1. The second-order valence-electron chi connectivity index (χ2n) is 10.0. The molecule has 1 fully saturated rings. The standard InChI is InChI=1S/C30H32F4N2O2/c1-35(2)19-28(37)36-14-13-27(38-20-21-15-24(30(32,33)34)17-25(31)16-21)26(18-36)29(22-9-5-3-6-10-22)23-11-7-4-8-12-23/h3-12,15-17,26-27,29H,13-14,18-20H2,1-2H3. The number of carbonyl (C=O) groups excluding carboxylic acids is 1. The molecule has 0 N–H and O–H groups in total. The Morgan fingerprint density at radius 1 is 1.00 bits per heavy atom. The van der Waals surface area contributed by atoms with Gasteiger partial charge in [-0.3, -0.25) is 4.79 Å². The van der Waals surface area contributed by atoms with Gasteiger partial charge in [-0.25, -0.2) is 4.39 Å². The Hall–Kier alpha value is -3.23. The van der Waals surface area contributed by atoms with Crippen molar-refractivity contribution >= 4 is 5.91 Å². The smallest absolute Gasteiger partial charge is 0.373 e. The van der Waals surface area contributed by atoms with E-state index in [1.807, 2.05) is 84.6 Å². The van der Waals surface area contributed by atoms with Crippen molar-refractivity contribution < 1.29 is 27.1 Å². The number of ether oxygens (including phenoxy) is 1. The maximum Gasteiger partial charge on any atom is 0.416 e. The zero-order valence-corrected chi connectivity index (χ0v) is 21.5. The van der Waals surface area contributed by atoms with E-state index in [0.717, 1.165) is 23.3 Å². The predicted molar refractivity (Wildman–Crippen MR) is 138 cm³/mol. The summed E-state index contributed by atoms with van der Waals surface area (Å²) in [6.07, 6.45) is -4.49. The van der Waals surface area contributed by atoms with Gasteiger partial charge in [0, 0.05) is 24.9 Å². The van der Waals surface area contributed by atoms with Crippen LogP contribution in [-0.2, 0) is 22.3 Å². The molecule has 0 spiro atoms. The number of hydrogen-bond acceptors (Lipinski definition) is 3. The first kappa shape index (κ1) is 27.8. The average molecular weight is 529 g/mol. The van der Waals surface area contributed by atoms with Crippen LogP contribution in [0.5, 0.6) is 0 Å². The maximum absolute atomic E-state index is 14.0. The highest BCUT2D eigenvalue weighted by atomic mass is 19.4. The Balaban J connectivity index is 1.66. The lowest BCUT2D eigenvalue weighted by Gasteiger charge is -2.43. The zero-order chi connectivity index (χ0) is 27.3. The maximum atomic E-state index is 14.0. The molecule has 0 radical (unpaired) electrons. The van der Waals surface area contributed by atoms with E-state index in [9.17, 15) is 22.4 Å². The Bertz CT molecular complexity index is 1160. The van der Waals surface area contributed by atoms with Crippen LogP contribution in [0.1, 0.15) is 34.6 Å². The van der Waals surface area contributed by atoms with E-state index in [0.29, 0.717) is 25.6 Å². The van der Waals surface area contributed by atoms with Gasteiger partial charge in [0.2, 0.25) is 5.91 Å². The summed E-state index contributed by atoms with van der Waals surface area (Å²) in [5.41, 5.74) is 1.20. The lowest BCUT2D eigenvalue weighted by molar-refractivity contribution is -0.138. The molecule has 1 saturated heterocycles. The van der Waals surface area contributed by atoms with Gasteiger partial charge in [0.15, 0.2) is 0 Å². The molecular formula is C30H32F4N2O2. The van der Waals surface area contributed by atoms with E-state index < -0.39 is 17.6 Å². The van der Waals surface area contributed by atoms with Crippen LogP contribution in [0.25, 0.3) is 0 Å². The fraction of sp³-hybridized carbons (Fsp3) is 0.367. The first-order valence-electron chi connectivity index (χ1n) is 12.6. The van der Waals surface area contributed by atoms with Gasteiger partial charge in [0.1, 0.15) is 5.82 Å². The molecule has 2 atom stereocenters. The molecule has 1 heterocycles. The van der Waals surface area contributed by atoms with Gasteiger partial charge in [0.05, 0.1) is 24.8 Å². The third-order valence-electron chi connectivity index (χ3n) is 6.89. The predicted octanol–water partition coefficient (Wildman–Crippen LogP) is 5.97. The van der Waals surface area contributed by atoms with Gasteiger partial charge in [-0.2, -0.15) is 13.2 Å². The summed E-state index contributed by atoms with van der Waals surface area (Å²) < 4.78 is 60.0. The largest absolute Gasteiger partial charge is 0.416 e. The minimum atomic E-state index is -4.65. The van der Waals surface area contributed by atoms with Crippen LogP contribution >= 0.6 is 0 Å². The van der Waals surface area contributed by atoms with Crippen molar-refractivity contribution in [2.24, 2.45) is 5.92 Å². The first-order chi connectivity index (χ1) is 18.1. The van der Waals surface area contributed by atoms with E-state index in [-0.39, 0.29) is 42.6 Å². The van der Waals surface area contributed by atoms with Crippen LogP contribution in [0.3, 0.4) is 0 Å². The van der Waals surface area contributed by atoms with Crippen molar-refractivity contribution in [2.45, 2.75) is 31.2 Å². The molecule has 4 rings (SSSR count). The Morgan fingerprint density at radius 2 is 1.61 bits per heavy atom. The van der Waals surface area contributed by atoms with Crippen LogP contribution in [0, 0.1) is 11.7 Å². The second-order valence-corrected chi connectivity index (χ2v) is 10.0. The van der Waals surface area contributed by atoms with Gasteiger partial charge in [-0.05, 0) is 55.4 Å². The molecule has 3 aromatic carbocycles. The number of piperidine rings is 1. The highest BCUT2D eigenvalue weighted by molar-refractivity contribution is 5.78. The molecule has 202 valence electrons. The molecule has 3 aromatic rings. The Kier molecular flexibility index (Phi) is 8.84. The summed E-state index contributed by atoms with van der Waals surface area (Å²) in [5.74, 6) is -1.23. The van der Waals surface area contributed by atoms with Crippen molar-refractivity contribution in [3.63, 3.8) is 0 Å². The van der Waals surface area contributed by atoms with Gasteiger partial charge < -0.3 is 14.5 Å². The van der Waals surface area contributed by atoms with Crippen LogP contribution in [0.2, 0.25) is 0 Å². The molecule has 0 saturated carbocycles. The topological polar surface area (TPSA) is 32.8 Å². The van der Waals surface area contributed by atoms with Crippen LogP contribution < -0.4 is 0 Å². The minimum absolute atomic E-state index is 0.0123. The summed E-state index contributed by atoms with van der Waals surface area (Å²) in [6.45, 7) is 1.02. The summed E-state index contributed by atoms with van der Waals surface area (Å²) >= 11 is 0. The van der Waals surface area contributed by atoms with E-state index in [2.05, 4.69) is 0 Å². The van der Waals surface area contributed by atoms with Crippen LogP contribution in [-0.4, -0.2) is 55.5 Å². The number of carbonyl (C=O) groups is 1. The highest BCUT2D eigenvalue weighted by Crippen LogP contribution is 2.39. The first-order valence-corrected chi connectivity index (χ1v) is 12.6. The molecule has 0 aromatic heterocycles. The molecule has 0 aliphatic carbocycles. The molecule has 8 heteroatoms. The van der Waals surface area contributed by atoms with E-state index in [1.54, 1.807) is 0 Å². The van der Waals surface area contributed by atoms with Gasteiger partial charge >= 0.3 is 6.18 Å². The van der Waals surface area contributed by atoms with Crippen LogP contribution in [0.15, 0.2) is 78.9 Å². The summed E-state index contributed by atoms with van der Waals surface area (Å²) in [6, 6.07) is 22.4. The molecule has 38 heavy (non-hydrogen) atoms. The van der Waals surface area contributed by atoms with Crippen molar-refractivity contribution in [3.8, 4) is 0 Å². The normalized spacial score (nSPS) is 18.3. The van der Waals surface area contributed by atoms with E-state index in [1.165, 1.54) is 0 Å². The third kappa shape index (κ3) is 6.99. The Labute approximate surface area is 220 Å². The highest BCUT2D eigenvalue weighted by Gasteiger charge is 2.39. The van der Waals surface area contributed by atoms with E-state index in [4.69, 9.17) is 4.74 Å². The molecule has 1 amide bonds. The number of alkyl halides is 3. The second kappa shape index (κ2) is 12.1. The monoisotopic (exact) mass is 528 g/mol. The zero-order valence-electron chi connectivity index (χ0n) is 21.5. The van der Waals surface area contributed by atoms with Gasteiger partial charge in [0.25, 0.3) is 0 Å². The number of benzene rings is 3. The summed E-state index contributed by atoms with van der Waals surface area (Å²) in [7, 11) is 3.69. The summed E-state index contributed by atoms with van der Waals surface area (Å²) in [4.78, 5) is 16.7. The number of likely N-dealkylation sites (N-methyl/N-ethyl adjacent to an activating group) is 1. The molecule has 1 aliphatic rings. The number of nitrogens with zero attached hydrogens (tertiary/aromatic N) is 2. The number of likely N-dealkylation sites (tertiary alicyclic amines) is 1. The average Bonchev–Trinajstić information content (AvgIpc) is 2.88. The quantitative estimate of drug-likeness (QED) is 0.338. The number of halogens is 4. The van der Waals surface area contributed by atoms with Crippen molar-refractivity contribution in [1.82, 2.24) is 9.80 Å². The Morgan fingerprint density at radius 3 is 2.16 bits per heavy atom.